The number of rotatable bonds is 8. The van der Waals surface area contributed by atoms with E-state index in [0.717, 1.165) is 0 Å². The standard InChI is InChI=1S/C32H12BF24.C16H19N2O2/c34-25(35,36)13-1-14(26(37,38)39)6-21(5-13)33(22-7-15(27(40,41)42)2-16(8-22)28(43,44)45,23-9-17(29(46,47)48)3-18(10-23)30(49,50)51)24-11-19(31(52,53)54)4-20(12-24)32(55,56)57;1-16(2,3)20-15-12-18(10-9-17-15)11-14(19)13-7-5-4-6-8-13/h1-12H;4-10,12H,11H2,1-3H3/q-1;+1. The highest BCUT2D eigenvalue weighted by Crippen LogP contribution is 2.41. The van der Waals surface area contributed by atoms with Gasteiger partial charge in [-0.25, -0.2) is 4.98 Å². The van der Waals surface area contributed by atoms with E-state index in [1.54, 1.807) is 23.2 Å². The maximum Gasteiger partial charge on any atom is 0.416 e. The van der Waals surface area contributed by atoms with E-state index in [9.17, 15) is 110 Å². The molecule has 0 radical (unpaired) electrons. The van der Waals surface area contributed by atoms with Gasteiger partial charge >= 0.3 is 49.4 Å². The molecule has 0 spiro atoms. The van der Waals surface area contributed by atoms with Crippen LogP contribution >= 0.6 is 0 Å². The van der Waals surface area contributed by atoms with Gasteiger partial charge in [-0.2, -0.15) is 132 Å². The maximum absolute atomic E-state index is 14.2. The molecule has 77 heavy (non-hydrogen) atoms. The highest BCUT2D eigenvalue weighted by molar-refractivity contribution is 7.20. The Morgan fingerprint density at radius 3 is 0.922 bits per heavy atom. The molecule has 0 aliphatic carbocycles. The largest absolute Gasteiger partial charge is 0.468 e. The van der Waals surface area contributed by atoms with E-state index in [2.05, 4.69) is 4.98 Å². The highest BCUT2D eigenvalue weighted by Gasteiger charge is 2.47. The van der Waals surface area contributed by atoms with Crippen LogP contribution in [-0.2, 0) is 56.0 Å². The lowest BCUT2D eigenvalue weighted by Gasteiger charge is -2.46. The van der Waals surface area contributed by atoms with E-state index in [0.29, 0.717) is 11.4 Å². The average molecular weight is 1130 g/mol. The van der Waals surface area contributed by atoms with Crippen molar-refractivity contribution in [2.24, 2.45) is 0 Å². The third-order valence-corrected chi connectivity index (χ3v) is 11.0. The van der Waals surface area contributed by atoms with Crippen LogP contribution in [-0.4, -0.2) is 22.5 Å². The van der Waals surface area contributed by atoms with E-state index in [1.165, 1.54) is 0 Å². The van der Waals surface area contributed by atoms with Gasteiger partial charge in [-0.05, 0) is 45.0 Å². The summed E-state index contributed by atoms with van der Waals surface area (Å²) in [5.41, 5.74) is -29.8. The molecule has 0 aliphatic heterocycles. The topological polar surface area (TPSA) is 43.1 Å². The predicted molar refractivity (Wildman–Crippen MR) is 226 cm³/mol. The molecule has 0 saturated heterocycles. The number of aromatic nitrogens is 2. The fraction of sp³-hybridized carbons (Fsp3) is 0.271. The minimum atomic E-state index is -6.13. The molecule has 0 atom stereocenters. The third kappa shape index (κ3) is 15.0. The van der Waals surface area contributed by atoms with Crippen molar-refractivity contribution in [3.8, 4) is 5.88 Å². The molecule has 1 aromatic heterocycles. The van der Waals surface area contributed by atoms with Crippen LogP contribution in [0.25, 0.3) is 0 Å². The Balaban J connectivity index is 0.000000455. The number of nitrogens with zero attached hydrogens (tertiary/aromatic N) is 2. The van der Waals surface area contributed by atoms with E-state index in [1.807, 2.05) is 51.1 Å². The highest BCUT2D eigenvalue weighted by atomic mass is 19.4. The molecular formula is C48H31BF24N2O2. The Hall–Kier alpha value is -6.97. The van der Waals surface area contributed by atoms with Gasteiger partial charge in [-0.15, -0.1) is 0 Å². The molecule has 0 fully saturated rings. The quantitative estimate of drug-likeness (QED) is 0.0660. The molecule has 4 nitrogen and oxygen atoms in total. The lowest BCUT2D eigenvalue weighted by molar-refractivity contribution is -0.684. The lowest BCUT2D eigenvalue weighted by atomic mass is 9.12. The van der Waals surface area contributed by atoms with Gasteiger partial charge in [0, 0.05) is 5.56 Å². The van der Waals surface area contributed by atoms with Crippen LogP contribution < -0.4 is 31.2 Å². The second kappa shape index (κ2) is 20.8. The number of ketones is 1. The Labute approximate surface area is 417 Å². The van der Waals surface area contributed by atoms with Gasteiger partial charge in [0.05, 0.1) is 50.7 Å². The first-order valence-electron chi connectivity index (χ1n) is 21.2. The Kier molecular flexibility index (Phi) is 16.4. The Bertz CT molecular complexity index is 2650. The van der Waals surface area contributed by atoms with Crippen LogP contribution in [0, 0.1) is 0 Å². The van der Waals surface area contributed by atoms with Crippen LogP contribution in [0.2, 0.25) is 0 Å². The molecule has 0 N–H and O–H groups in total. The minimum absolute atomic E-state index is 0.0588. The Morgan fingerprint density at radius 1 is 0.429 bits per heavy atom. The van der Waals surface area contributed by atoms with E-state index < -0.39 is 195 Å². The third-order valence-electron chi connectivity index (χ3n) is 11.0. The number of carbonyl (C=O) groups is 1. The summed E-state index contributed by atoms with van der Waals surface area (Å²) in [7, 11) is 0. The first-order chi connectivity index (χ1) is 34.7. The molecule has 0 amide bonds. The monoisotopic (exact) mass is 1130 g/mol. The van der Waals surface area contributed by atoms with Crippen molar-refractivity contribution in [3.63, 3.8) is 0 Å². The van der Waals surface area contributed by atoms with Crippen molar-refractivity contribution in [3.05, 3.63) is 172 Å². The number of hydrogen-bond donors (Lipinski definition) is 0. The fourth-order valence-electron chi connectivity index (χ4n) is 7.83. The summed E-state index contributed by atoms with van der Waals surface area (Å²) in [4.78, 5) is 16.3. The SMILES string of the molecule is CC(C)(C)Oc1c[n+](CC(=O)c2ccccc2)ccn1.FC(F)(F)c1cc([B-](c2cc(C(F)(F)F)cc(C(F)(F)F)c2)(c2cc(C(F)(F)F)cc(C(F)(F)F)c2)c2cc(C(F)(F)F)cc(C(F)(F)F)c2)cc(C(F)(F)F)c1. The summed E-state index contributed by atoms with van der Waals surface area (Å²) in [5, 5.41) is 0. The molecule has 5 aromatic carbocycles. The second-order valence-electron chi connectivity index (χ2n) is 17.8. The van der Waals surface area contributed by atoms with Crippen LogP contribution in [0.1, 0.15) is 75.6 Å². The molecule has 1 heterocycles. The molecule has 6 aromatic rings. The Morgan fingerprint density at radius 2 is 0.688 bits per heavy atom. The number of hydrogen-bond acceptors (Lipinski definition) is 3. The molecule has 0 bridgehead atoms. The van der Waals surface area contributed by atoms with Gasteiger partial charge in [-0.1, -0.05) is 78.9 Å². The molecule has 416 valence electrons. The smallest absolute Gasteiger partial charge is 0.416 e. The molecule has 0 aliphatic rings. The molecule has 0 saturated carbocycles. The van der Waals surface area contributed by atoms with Crippen molar-refractivity contribution in [2.45, 2.75) is 82.3 Å². The first kappa shape index (κ1) is 60.9. The predicted octanol–water partition coefficient (Wildman–Crippen LogP) is 13.6. The van der Waals surface area contributed by atoms with Crippen molar-refractivity contribution >= 4 is 33.8 Å². The van der Waals surface area contributed by atoms with E-state index in [4.69, 9.17) is 4.74 Å². The molecule has 29 heteroatoms. The number of ether oxygens (including phenoxy) is 1. The maximum atomic E-state index is 14.2. The van der Waals surface area contributed by atoms with Crippen LogP contribution in [0.15, 0.2) is 122 Å². The van der Waals surface area contributed by atoms with Gasteiger partial charge in [0.15, 0.2) is 6.20 Å². The number of benzene rings is 5. The summed E-state index contributed by atoms with van der Waals surface area (Å²) in [5.74, 6) is 0.573. The van der Waals surface area contributed by atoms with Crippen molar-refractivity contribution in [1.29, 1.82) is 0 Å². The van der Waals surface area contributed by atoms with E-state index in [-0.39, 0.29) is 17.9 Å². The van der Waals surface area contributed by atoms with Crippen molar-refractivity contribution in [2.75, 3.05) is 0 Å². The number of carbonyl (C=O) groups excluding carboxylic acids is 1. The van der Waals surface area contributed by atoms with Crippen molar-refractivity contribution in [1.82, 2.24) is 4.98 Å². The van der Waals surface area contributed by atoms with Gasteiger partial charge in [-0.3, -0.25) is 4.79 Å². The summed E-state index contributed by atoms with van der Waals surface area (Å²) in [6.07, 6.45) is -49.7. The van der Waals surface area contributed by atoms with Crippen LogP contribution in [0.4, 0.5) is 105 Å². The first-order valence-corrected chi connectivity index (χ1v) is 21.2. The summed E-state index contributed by atoms with van der Waals surface area (Å²) >= 11 is 0. The van der Waals surface area contributed by atoms with Crippen molar-refractivity contribution < 1.29 is 119 Å². The van der Waals surface area contributed by atoms with Crippen LogP contribution in [0.5, 0.6) is 5.88 Å². The van der Waals surface area contributed by atoms with Crippen LogP contribution in [0.3, 0.4) is 0 Å². The summed E-state index contributed by atoms with van der Waals surface area (Å²) < 4.78 is 348. The molecular weight excluding hydrogens is 1100 g/mol. The van der Waals surface area contributed by atoms with Gasteiger partial charge < -0.3 is 4.74 Å². The molecule has 6 rings (SSSR count). The number of Topliss-reactive ketones (excluding diaryl/α,β-unsaturated/α-hetero) is 1. The van der Waals surface area contributed by atoms with E-state index >= 15 is 0 Å². The average Bonchev–Trinajstić information content (AvgIpc) is 3.27. The van der Waals surface area contributed by atoms with Gasteiger partial charge in [0.2, 0.25) is 18.5 Å². The minimum Gasteiger partial charge on any atom is -0.468 e. The zero-order chi connectivity index (χ0) is 58.5. The normalized spacial score (nSPS) is 13.5. The zero-order valence-corrected chi connectivity index (χ0v) is 38.6. The number of halogens is 24. The lowest BCUT2D eigenvalue weighted by Crippen LogP contribution is -2.75. The molecule has 0 unspecified atom stereocenters. The van der Waals surface area contributed by atoms with Gasteiger partial charge in [0.25, 0.3) is 5.88 Å². The summed E-state index contributed by atoms with van der Waals surface area (Å²) in [6, 6.07) is 0.436. The summed E-state index contributed by atoms with van der Waals surface area (Å²) in [6.45, 7) is 6.15. The fourth-order valence-corrected chi connectivity index (χ4v) is 7.83. The zero-order valence-electron chi connectivity index (χ0n) is 38.6. The van der Waals surface area contributed by atoms with Gasteiger partial charge in [0.1, 0.15) is 11.7 Å². The second-order valence-corrected chi connectivity index (χ2v) is 17.8. The number of alkyl halides is 24.